The molecule has 3 heteroatoms. The van der Waals surface area contributed by atoms with Crippen LogP contribution in [0.3, 0.4) is 0 Å². The maximum atomic E-state index is 13.0. The minimum Gasteiger partial charge on any atom is -0.391 e. The maximum Gasteiger partial charge on any atom is 0.131 e. The van der Waals surface area contributed by atoms with Crippen molar-refractivity contribution in [2.45, 2.75) is 0 Å². The summed E-state index contributed by atoms with van der Waals surface area (Å²) in [5, 5.41) is 1.28. The highest BCUT2D eigenvalue weighted by Gasteiger charge is 2.02. The van der Waals surface area contributed by atoms with Gasteiger partial charge in [-0.15, -0.1) is 11.3 Å². The summed E-state index contributed by atoms with van der Waals surface area (Å²) < 4.78 is 13.9. The van der Waals surface area contributed by atoms with E-state index in [1.54, 1.807) is 12.1 Å². The highest BCUT2D eigenvalue weighted by atomic mass is 32.1. The lowest BCUT2D eigenvalue weighted by atomic mass is 10.2. The first-order valence-corrected chi connectivity index (χ1v) is 4.02. The fourth-order valence-electron chi connectivity index (χ4n) is 1.05. The zero-order valence-electron chi connectivity index (χ0n) is 5.67. The number of benzene rings is 1. The summed E-state index contributed by atoms with van der Waals surface area (Å²) in [7, 11) is 0. The van der Waals surface area contributed by atoms with E-state index in [0.717, 1.165) is 4.70 Å². The Kier molecular flexibility index (Phi) is 1.32. The van der Waals surface area contributed by atoms with Crippen LogP contribution >= 0.6 is 11.3 Å². The largest absolute Gasteiger partial charge is 0.391 e. The van der Waals surface area contributed by atoms with Gasteiger partial charge in [0.25, 0.3) is 0 Å². The van der Waals surface area contributed by atoms with E-state index in [9.17, 15) is 4.39 Å². The highest BCUT2D eigenvalue weighted by Crippen LogP contribution is 2.28. The minimum absolute atomic E-state index is 0.199. The number of fused-ring (bicyclic) bond motifs is 1. The molecule has 0 atom stereocenters. The minimum atomic E-state index is -0.199. The second-order valence-electron chi connectivity index (χ2n) is 2.30. The van der Waals surface area contributed by atoms with Gasteiger partial charge in [-0.25, -0.2) is 4.39 Å². The van der Waals surface area contributed by atoms with Crippen LogP contribution in [0.25, 0.3) is 10.1 Å². The van der Waals surface area contributed by atoms with Gasteiger partial charge in [-0.3, -0.25) is 0 Å². The lowest BCUT2D eigenvalue weighted by Gasteiger charge is -1.87. The molecule has 0 aliphatic rings. The Balaban J connectivity index is 2.90. The van der Waals surface area contributed by atoms with Crippen LogP contribution in [0.1, 0.15) is 0 Å². The molecule has 2 N–H and O–H groups in total. The SMILES string of the molecule is Nc1cc2c(F)cccc2s1. The Morgan fingerprint density at radius 3 is 2.91 bits per heavy atom. The third kappa shape index (κ3) is 0.973. The summed E-state index contributed by atoms with van der Waals surface area (Å²) in [6.07, 6.45) is 0. The summed E-state index contributed by atoms with van der Waals surface area (Å²) in [5.74, 6) is -0.199. The number of nitrogens with two attached hydrogens (primary N) is 1. The predicted octanol–water partition coefficient (Wildman–Crippen LogP) is 2.62. The summed E-state index contributed by atoms with van der Waals surface area (Å²) in [6.45, 7) is 0. The third-order valence-electron chi connectivity index (χ3n) is 1.53. The van der Waals surface area contributed by atoms with Crippen molar-refractivity contribution in [2.24, 2.45) is 0 Å². The predicted molar refractivity (Wildman–Crippen MR) is 46.2 cm³/mol. The Labute approximate surface area is 67.3 Å². The van der Waals surface area contributed by atoms with Crippen molar-refractivity contribution < 1.29 is 4.39 Å². The lowest BCUT2D eigenvalue weighted by molar-refractivity contribution is 0.640. The van der Waals surface area contributed by atoms with Gasteiger partial charge in [-0.2, -0.15) is 0 Å². The molecule has 0 unspecified atom stereocenters. The fraction of sp³-hybridized carbons (Fsp3) is 0. The van der Waals surface area contributed by atoms with Crippen molar-refractivity contribution in [3.8, 4) is 0 Å². The van der Waals surface area contributed by atoms with Crippen LogP contribution in [-0.4, -0.2) is 0 Å². The number of rotatable bonds is 0. The number of anilines is 1. The van der Waals surface area contributed by atoms with Crippen LogP contribution in [0.4, 0.5) is 9.39 Å². The van der Waals surface area contributed by atoms with Crippen LogP contribution < -0.4 is 5.73 Å². The van der Waals surface area contributed by atoms with Gasteiger partial charge in [-0.05, 0) is 18.2 Å². The molecule has 0 bridgehead atoms. The molecule has 0 saturated heterocycles. The number of nitrogen functional groups attached to an aromatic ring is 1. The summed E-state index contributed by atoms with van der Waals surface area (Å²) in [4.78, 5) is 0. The molecule has 1 aromatic heterocycles. The molecule has 0 aliphatic carbocycles. The van der Waals surface area contributed by atoms with Crippen molar-refractivity contribution in [1.29, 1.82) is 0 Å². The topological polar surface area (TPSA) is 26.0 Å². The standard InChI is InChI=1S/C8H6FNS/c9-6-2-1-3-7-5(6)4-8(10)11-7/h1-4H,10H2. The van der Waals surface area contributed by atoms with Gasteiger partial charge in [0.1, 0.15) is 5.82 Å². The Bertz CT molecular complexity index is 394. The van der Waals surface area contributed by atoms with E-state index in [2.05, 4.69) is 0 Å². The lowest BCUT2D eigenvalue weighted by Crippen LogP contribution is -1.74. The summed E-state index contributed by atoms with van der Waals surface area (Å²) >= 11 is 1.40. The fourth-order valence-corrected chi connectivity index (χ4v) is 1.89. The van der Waals surface area contributed by atoms with E-state index in [4.69, 9.17) is 5.73 Å². The quantitative estimate of drug-likeness (QED) is 0.641. The van der Waals surface area contributed by atoms with E-state index in [1.807, 2.05) is 6.07 Å². The van der Waals surface area contributed by atoms with E-state index < -0.39 is 0 Å². The molecule has 1 heterocycles. The zero-order chi connectivity index (χ0) is 7.84. The molecule has 11 heavy (non-hydrogen) atoms. The molecule has 0 aliphatic heterocycles. The van der Waals surface area contributed by atoms with E-state index in [-0.39, 0.29) is 5.82 Å². The van der Waals surface area contributed by atoms with Gasteiger partial charge < -0.3 is 5.73 Å². The van der Waals surface area contributed by atoms with Crippen LogP contribution in [0.15, 0.2) is 24.3 Å². The van der Waals surface area contributed by atoms with E-state index in [1.165, 1.54) is 17.4 Å². The number of hydrogen-bond donors (Lipinski definition) is 1. The average Bonchev–Trinajstić information content (AvgIpc) is 2.31. The van der Waals surface area contributed by atoms with Gasteiger partial charge in [0, 0.05) is 10.1 Å². The first-order valence-electron chi connectivity index (χ1n) is 3.21. The third-order valence-corrected chi connectivity index (χ3v) is 2.46. The molecular formula is C8H6FNS. The molecular weight excluding hydrogens is 161 g/mol. The number of halogens is 1. The Hall–Kier alpha value is -1.09. The number of thiophene rings is 1. The molecule has 2 rings (SSSR count). The number of hydrogen-bond acceptors (Lipinski definition) is 2. The maximum absolute atomic E-state index is 13.0. The Morgan fingerprint density at radius 2 is 2.18 bits per heavy atom. The monoisotopic (exact) mass is 167 g/mol. The van der Waals surface area contributed by atoms with Crippen molar-refractivity contribution in [3.63, 3.8) is 0 Å². The van der Waals surface area contributed by atoms with Crippen LogP contribution in [0, 0.1) is 5.82 Å². The summed E-state index contributed by atoms with van der Waals surface area (Å²) in [5.41, 5.74) is 5.51. The Morgan fingerprint density at radius 1 is 1.36 bits per heavy atom. The van der Waals surface area contributed by atoms with Crippen molar-refractivity contribution in [1.82, 2.24) is 0 Å². The first kappa shape index (κ1) is 6.61. The van der Waals surface area contributed by atoms with Crippen LogP contribution in [0.2, 0.25) is 0 Å². The second-order valence-corrected chi connectivity index (χ2v) is 3.42. The van der Waals surface area contributed by atoms with Gasteiger partial charge >= 0.3 is 0 Å². The smallest absolute Gasteiger partial charge is 0.131 e. The van der Waals surface area contributed by atoms with E-state index >= 15 is 0 Å². The average molecular weight is 167 g/mol. The second kappa shape index (κ2) is 2.20. The van der Waals surface area contributed by atoms with Crippen molar-refractivity contribution in [2.75, 3.05) is 5.73 Å². The summed E-state index contributed by atoms with van der Waals surface area (Å²) in [6, 6.07) is 6.65. The molecule has 0 saturated carbocycles. The molecule has 1 aromatic carbocycles. The zero-order valence-corrected chi connectivity index (χ0v) is 6.49. The molecule has 0 radical (unpaired) electrons. The van der Waals surface area contributed by atoms with E-state index in [0.29, 0.717) is 10.4 Å². The van der Waals surface area contributed by atoms with Crippen molar-refractivity contribution in [3.05, 3.63) is 30.1 Å². The van der Waals surface area contributed by atoms with Gasteiger partial charge in [0.15, 0.2) is 0 Å². The molecule has 1 nitrogen and oxygen atoms in total. The molecule has 0 fully saturated rings. The van der Waals surface area contributed by atoms with Gasteiger partial charge in [0.05, 0.1) is 5.00 Å². The van der Waals surface area contributed by atoms with Crippen LogP contribution in [-0.2, 0) is 0 Å². The first-order chi connectivity index (χ1) is 5.27. The molecule has 0 spiro atoms. The highest BCUT2D eigenvalue weighted by molar-refractivity contribution is 7.22. The van der Waals surface area contributed by atoms with Gasteiger partial charge in [-0.1, -0.05) is 6.07 Å². The normalized spacial score (nSPS) is 10.6. The van der Waals surface area contributed by atoms with Crippen molar-refractivity contribution >= 4 is 26.4 Å². The van der Waals surface area contributed by atoms with Crippen LogP contribution in [0.5, 0.6) is 0 Å². The molecule has 0 amide bonds. The molecule has 2 aromatic rings. The molecule has 56 valence electrons. The van der Waals surface area contributed by atoms with Gasteiger partial charge in [0.2, 0.25) is 0 Å².